The van der Waals surface area contributed by atoms with Crippen LogP contribution in [0.4, 0.5) is 0 Å². The molecule has 3 saturated heterocycles. The van der Waals surface area contributed by atoms with Crippen LogP contribution >= 0.6 is 0 Å². The zero-order valence-electron chi connectivity index (χ0n) is 32.8. The van der Waals surface area contributed by atoms with Crippen molar-refractivity contribution in [3.8, 4) is 0 Å². The van der Waals surface area contributed by atoms with Crippen LogP contribution in [0.5, 0.6) is 0 Å². The highest BCUT2D eigenvalue weighted by molar-refractivity contribution is 5.99. The molecule has 16 atom stereocenters. The zero-order chi connectivity index (χ0) is 37.4. The van der Waals surface area contributed by atoms with Gasteiger partial charge in [-0.15, -0.1) is 0 Å². The monoisotopic (exact) mass is 729 g/mol. The maximum absolute atomic E-state index is 14.7. The number of nitrogens with zero attached hydrogens (tertiary/aromatic N) is 1. The van der Waals surface area contributed by atoms with Gasteiger partial charge in [0, 0.05) is 32.1 Å². The first kappa shape index (κ1) is 39.7. The van der Waals surface area contributed by atoms with Crippen molar-refractivity contribution in [2.24, 2.45) is 35.5 Å². The quantitative estimate of drug-likeness (QED) is 0.235. The lowest BCUT2D eigenvalue weighted by Crippen LogP contribution is -2.56. The van der Waals surface area contributed by atoms with Crippen LogP contribution in [0.15, 0.2) is 23.3 Å². The van der Waals surface area contributed by atoms with E-state index in [1.165, 1.54) is 19.8 Å². The van der Waals surface area contributed by atoms with Crippen LogP contribution in [0.3, 0.4) is 0 Å². The summed E-state index contributed by atoms with van der Waals surface area (Å²) in [5.41, 5.74) is 2.00. The van der Waals surface area contributed by atoms with E-state index in [2.05, 4.69) is 51.9 Å². The number of fused-ring (bicyclic) bond motifs is 5. The third-order valence-corrected chi connectivity index (χ3v) is 13.2. The maximum Gasteiger partial charge on any atom is 0.306 e. The van der Waals surface area contributed by atoms with Gasteiger partial charge in [-0.25, -0.2) is 0 Å². The van der Waals surface area contributed by atoms with Crippen molar-refractivity contribution in [1.29, 1.82) is 0 Å². The predicted molar refractivity (Wildman–Crippen MR) is 193 cm³/mol. The Hall–Kier alpha value is -1.99. The summed E-state index contributed by atoms with van der Waals surface area (Å²) in [6, 6.07) is 0.328. The van der Waals surface area contributed by atoms with E-state index in [0.29, 0.717) is 12.5 Å². The topological polar surface area (TPSA) is 119 Å². The molecule has 11 heteroatoms. The molecule has 0 aromatic heterocycles. The molecule has 3 aliphatic heterocycles. The Morgan fingerprint density at radius 3 is 2.27 bits per heavy atom. The summed E-state index contributed by atoms with van der Waals surface area (Å²) in [6.07, 6.45) is 7.11. The summed E-state index contributed by atoms with van der Waals surface area (Å²) in [5.74, 6) is -0.442. The van der Waals surface area contributed by atoms with Gasteiger partial charge in [-0.2, -0.15) is 0 Å². The third kappa shape index (κ3) is 8.02. The average Bonchev–Trinajstić information content (AvgIpc) is 3.68. The van der Waals surface area contributed by atoms with E-state index < -0.39 is 24.6 Å². The molecule has 0 aromatic rings. The van der Waals surface area contributed by atoms with Crippen LogP contribution in [0.1, 0.15) is 92.4 Å². The Morgan fingerprint density at radius 1 is 0.846 bits per heavy atom. The summed E-state index contributed by atoms with van der Waals surface area (Å²) in [7, 11) is 7.16. The van der Waals surface area contributed by atoms with E-state index in [-0.39, 0.29) is 90.2 Å². The standard InChI is InChI=1S/C41H63NO10/c1-10-25-12-11-13-34(52-36-15-14-33(42(6)7)23(4)48-36)22(3)37(44)32-19-30-28(31(32)20-35(43)50-25)16-21(2)27-17-26(18-29(27)30)51-41-40(47-9)38(45)39(46-8)24(5)49-41/h16,19,22-31,33-34,36,39-41H,10-15,17-18,20H2,1-9H3/t22-,23-,24+,25+,26-,27+,28-,29-,30-,31+,33+,34+,36+,39+,40-,41+/m1/s1. The van der Waals surface area contributed by atoms with Gasteiger partial charge in [0.1, 0.15) is 12.2 Å². The number of carbonyl (C=O) groups is 3. The number of rotatable bonds is 8. The molecule has 0 radical (unpaired) electrons. The maximum atomic E-state index is 14.7. The zero-order valence-corrected chi connectivity index (χ0v) is 32.8. The van der Waals surface area contributed by atoms with Crippen molar-refractivity contribution < 1.29 is 47.5 Å². The molecule has 0 spiro atoms. The number of ether oxygens (including phenoxy) is 7. The molecule has 6 aliphatic rings. The predicted octanol–water partition coefficient (Wildman–Crippen LogP) is 5.43. The Labute approximate surface area is 310 Å². The average molecular weight is 730 g/mol. The van der Waals surface area contributed by atoms with Gasteiger partial charge >= 0.3 is 5.97 Å². The molecule has 6 rings (SSSR count). The number of hydrogen-bond donors (Lipinski definition) is 0. The van der Waals surface area contributed by atoms with Gasteiger partial charge in [0.2, 0.25) is 0 Å². The fourth-order valence-corrected chi connectivity index (χ4v) is 10.4. The SMILES string of the molecule is CC[C@H]1CCC[C@H](O[C@H]2CC[C@H](N(C)C)[C@@H](C)O2)[C@@H](C)C(=O)C2=C[C@@H]3[C@@H](C=C(C)[C@@H]4C[C@@H](O[C@@H]5O[C@@H](C)[C@H](OC)C(=O)[C@H]5OC)C[C@@H]34)[C@@H]2CC(=O)O1. The largest absolute Gasteiger partial charge is 0.462 e. The molecule has 0 amide bonds. The lowest BCUT2D eigenvalue weighted by molar-refractivity contribution is -0.266. The normalized spacial score (nSPS) is 44.5. The summed E-state index contributed by atoms with van der Waals surface area (Å²) in [4.78, 5) is 43.6. The van der Waals surface area contributed by atoms with Crippen LogP contribution in [-0.2, 0) is 47.5 Å². The van der Waals surface area contributed by atoms with Crippen LogP contribution in [-0.4, -0.2) is 112 Å². The Bertz CT molecular complexity index is 1360. The van der Waals surface area contributed by atoms with Gasteiger partial charge < -0.3 is 38.1 Å². The number of carbonyl (C=O) groups excluding carboxylic acids is 3. The second-order valence-corrected chi connectivity index (χ2v) is 16.6. The molecule has 11 nitrogen and oxygen atoms in total. The van der Waals surface area contributed by atoms with Gasteiger partial charge in [0.05, 0.1) is 30.8 Å². The third-order valence-electron chi connectivity index (χ3n) is 13.2. The molecular formula is C41H63NO10. The molecule has 292 valence electrons. The van der Waals surface area contributed by atoms with Crippen LogP contribution < -0.4 is 0 Å². The molecule has 1 saturated carbocycles. The number of esters is 1. The van der Waals surface area contributed by atoms with Gasteiger partial charge in [-0.1, -0.05) is 31.6 Å². The van der Waals surface area contributed by atoms with Crippen LogP contribution in [0.25, 0.3) is 0 Å². The van der Waals surface area contributed by atoms with Gasteiger partial charge in [0.25, 0.3) is 0 Å². The van der Waals surface area contributed by atoms with Crippen LogP contribution in [0, 0.1) is 35.5 Å². The van der Waals surface area contributed by atoms with Gasteiger partial charge in [0.15, 0.2) is 30.3 Å². The van der Waals surface area contributed by atoms with E-state index >= 15 is 0 Å². The molecule has 3 aliphatic carbocycles. The fourth-order valence-electron chi connectivity index (χ4n) is 10.4. The first-order valence-electron chi connectivity index (χ1n) is 19.9. The summed E-state index contributed by atoms with van der Waals surface area (Å²) in [6.45, 7) is 10.1. The smallest absolute Gasteiger partial charge is 0.306 e. The first-order valence-corrected chi connectivity index (χ1v) is 19.9. The Kier molecular flexibility index (Phi) is 12.8. The highest BCUT2D eigenvalue weighted by Gasteiger charge is 2.53. The van der Waals surface area contributed by atoms with Crippen molar-refractivity contribution >= 4 is 17.5 Å². The van der Waals surface area contributed by atoms with Crippen molar-refractivity contribution in [2.75, 3.05) is 28.3 Å². The number of ketones is 2. The van der Waals surface area contributed by atoms with Crippen molar-refractivity contribution in [3.05, 3.63) is 23.3 Å². The minimum atomic E-state index is -0.873. The first-order chi connectivity index (χ1) is 24.8. The van der Waals surface area contributed by atoms with E-state index in [0.717, 1.165) is 50.5 Å². The van der Waals surface area contributed by atoms with E-state index in [1.54, 1.807) is 0 Å². The second kappa shape index (κ2) is 16.8. The number of methoxy groups -OCH3 is 2. The van der Waals surface area contributed by atoms with E-state index in [4.69, 9.17) is 33.2 Å². The number of allylic oxidation sites excluding steroid dienone is 4. The summed E-state index contributed by atoms with van der Waals surface area (Å²) < 4.78 is 42.8. The second-order valence-electron chi connectivity index (χ2n) is 16.6. The summed E-state index contributed by atoms with van der Waals surface area (Å²) >= 11 is 0. The lowest BCUT2D eigenvalue weighted by atomic mass is 9.67. The lowest BCUT2D eigenvalue weighted by Gasteiger charge is -2.40. The minimum absolute atomic E-state index is 0.00768. The molecule has 0 unspecified atom stereocenters. The molecule has 0 bridgehead atoms. The summed E-state index contributed by atoms with van der Waals surface area (Å²) in [5, 5.41) is 0. The Balaban J connectivity index is 1.23. The van der Waals surface area contributed by atoms with Crippen molar-refractivity contribution in [3.63, 3.8) is 0 Å². The van der Waals surface area contributed by atoms with E-state index in [9.17, 15) is 14.4 Å². The van der Waals surface area contributed by atoms with Crippen LogP contribution in [0.2, 0.25) is 0 Å². The van der Waals surface area contributed by atoms with E-state index in [1.807, 2.05) is 13.8 Å². The highest BCUT2D eigenvalue weighted by atomic mass is 16.7. The fraction of sp³-hybridized carbons (Fsp3) is 0.829. The highest BCUT2D eigenvalue weighted by Crippen LogP contribution is 2.56. The molecular weight excluding hydrogens is 666 g/mol. The van der Waals surface area contributed by atoms with Gasteiger partial charge in [-0.3, -0.25) is 14.4 Å². The van der Waals surface area contributed by atoms with Crippen molar-refractivity contribution in [1.82, 2.24) is 4.90 Å². The Morgan fingerprint density at radius 2 is 1.60 bits per heavy atom. The molecule has 0 N–H and O–H groups in total. The number of likely N-dealkylation sites (N-methyl/N-ethyl adjacent to an activating group) is 1. The van der Waals surface area contributed by atoms with Gasteiger partial charge in [-0.05, 0) is 115 Å². The number of hydrogen-bond acceptors (Lipinski definition) is 11. The minimum Gasteiger partial charge on any atom is -0.462 e. The number of cyclic esters (lactones) is 1. The molecule has 0 aromatic carbocycles. The number of Topliss-reactive ketones (excluding diaryl/α,β-unsaturated/α-hetero) is 2. The van der Waals surface area contributed by atoms with Crippen molar-refractivity contribution in [2.45, 2.75) is 154 Å². The molecule has 52 heavy (non-hydrogen) atoms. The molecule has 4 fully saturated rings. The molecule has 3 heterocycles.